The van der Waals surface area contributed by atoms with Crippen LogP contribution in [0.3, 0.4) is 0 Å². The summed E-state index contributed by atoms with van der Waals surface area (Å²) >= 11 is 0. The Kier molecular flexibility index (Phi) is 50.1. The normalized spacial score (nSPS) is 18.2. The molecule has 0 aromatic heterocycles. The van der Waals surface area contributed by atoms with Crippen LogP contribution in [0.4, 0.5) is 0 Å². The third-order valence-electron chi connectivity index (χ3n) is 14.7. The average Bonchev–Trinajstić information content (AvgIpc) is 3.42. The molecule has 6 unspecified atom stereocenters. The van der Waals surface area contributed by atoms with Crippen molar-refractivity contribution in [2.45, 2.75) is 340 Å². The van der Waals surface area contributed by atoms with E-state index in [0.717, 1.165) is 89.9 Å². The molecule has 1 fully saturated rings. The van der Waals surface area contributed by atoms with Crippen molar-refractivity contribution in [3.05, 3.63) is 36.5 Å². The lowest BCUT2D eigenvalue weighted by Crippen LogP contribution is -2.61. The lowest BCUT2D eigenvalue weighted by Gasteiger charge is -2.40. The van der Waals surface area contributed by atoms with Gasteiger partial charge in [0.05, 0.1) is 6.61 Å². The van der Waals surface area contributed by atoms with Crippen LogP contribution in [0.1, 0.15) is 303 Å². The molecule has 0 spiro atoms. The summed E-state index contributed by atoms with van der Waals surface area (Å²) in [5.74, 6) is -3.10. The van der Waals surface area contributed by atoms with Gasteiger partial charge in [-0.3, -0.25) is 14.4 Å². The van der Waals surface area contributed by atoms with E-state index >= 15 is 0 Å². The topological polar surface area (TPSA) is 175 Å². The smallest absolute Gasteiger partial charge is 0.335 e. The maximum Gasteiger partial charge on any atom is 0.335 e. The molecule has 0 radical (unpaired) electrons. The Bertz CT molecular complexity index is 1480. The number of carboxylic acids is 1. The first-order valence-electron chi connectivity index (χ1n) is 32.0. The highest BCUT2D eigenvalue weighted by atomic mass is 16.7. The van der Waals surface area contributed by atoms with Crippen molar-refractivity contribution in [3.63, 3.8) is 0 Å². The van der Waals surface area contributed by atoms with Crippen LogP contribution in [0.5, 0.6) is 0 Å². The number of aliphatic carboxylic acids is 1. The second-order valence-electron chi connectivity index (χ2n) is 22.0. The van der Waals surface area contributed by atoms with Gasteiger partial charge >= 0.3 is 23.9 Å². The van der Waals surface area contributed by atoms with E-state index in [1.165, 1.54) is 154 Å². The SMILES string of the molecule is CCCCC/C=C\C/C=C\CCCCCCCCCCCC(=O)OCC(COC1OC(C(=O)O)C(O)C(O)C1OC(=O)CCCCCCC/C=C\CCCCCCCC)OC(=O)CCCCCCCCCCCCCCC. The number of ether oxygens (including phenoxy) is 5. The van der Waals surface area contributed by atoms with Crippen LogP contribution in [0.25, 0.3) is 0 Å². The van der Waals surface area contributed by atoms with Crippen LogP contribution < -0.4 is 0 Å². The van der Waals surface area contributed by atoms with Gasteiger partial charge in [0.25, 0.3) is 0 Å². The van der Waals surface area contributed by atoms with E-state index < -0.39 is 67.3 Å². The molecule has 6 atom stereocenters. The summed E-state index contributed by atoms with van der Waals surface area (Å²) in [6.07, 6.45) is 51.0. The number of aliphatic hydroxyl groups is 2. The first-order valence-corrected chi connectivity index (χ1v) is 32.0. The quantitative estimate of drug-likeness (QED) is 0.0228. The maximum absolute atomic E-state index is 13.2. The van der Waals surface area contributed by atoms with Gasteiger partial charge in [-0.05, 0) is 77.0 Å². The second-order valence-corrected chi connectivity index (χ2v) is 22.0. The fourth-order valence-corrected chi connectivity index (χ4v) is 9.75. The summed E-state index contributed by atoms with van der Waals surface area (Å²) in [6.45, 7) is 5.99. The van der Waals surface area contributed by atoms with Crippen molar-refractivity contribution < 1.29 is 58.2 Å². The Hall–Kier alpha value is -3.06. The molecule has 12 heteroatoms. The van der Waals surface area contributed by atoms with Gasteiger partial charge in [-0.15, -0.1) is 0 Å². The third-order valence-corrected chi connectivity index (χ3v) is 14.7. The van der Waals surface area contributed by atoms with Gasteiger partial charge in [-0.1, -0.05) is 243 Å². The number of carboxylic acid groups (broad SMARTS) is 1. The number of aliphatic hydroxyl groups excluding tert-OH is 2. The summed E-state index contributed by atoms with van der Waals surface area (Å²) in [4.78, 5) is 51.2. The highest BCUT2D eigenvalue weighted by Gasteiger charge is 2.50. The first-order chi connectivity index (χ1) is 37.6. The van der Waals surface area contributed by atoms with Crippen LogP contribution in [0, 0.1) is 0 Å². The van der Waals surface area contributed by atoms with Gasteiger partial charge in [0, 0.05) is 19.3 Å². The monoisotopic (exact) mass is 1090 g/mol. The summed E-state index contributed by atoms with van der Waals surface area (Å²) in [5, 5.41) is 31.5. The minimum Gasteiger partial charge on any atom is -0.479 e. The molecule has 1 aliphatic heterocycles. The van der Waals surface area contributed by atoms with E-state index in [-0.39, 0.29) is 25.9 Å². The van der Waals surface area contributed by atoms with Crippen molar-refractivity contribution in [1.82, 2.24) is 0 Å². The zero-order valence-electron chi connectivity index (χ0n) is 49.5. The van der Waals surface area contributed by atoms with Crippen LogP contribution in [-0.4, -0.2) is 89.2 Å². The Morgan fingerprint density at radius 2 is 0.779 bits per heavy atom. The van der Waals surface area contributed by atoms with Crippen LogP contribution in [0.15, 0.2) is 36.5 Å². The third kappa shape index (κ3) is 43.4. The number of carbonyl (C=O) groups excluding carboxylic acids is 3. The van der Waals surface area contributed by atoms with Gasteiger partial charge in [-0.2, -0.15) is 0 Å². The minimum atomic E-state index is -1.90. The summed E-state index contributed by atoms with van der Waals surface area (Å²) in [7, 11) is 0. The van der Waals surface area contributed by atoms with Gasteiger partial charge in [0.1, 0.15) is 18.8 Å². The van der Waals surface area contributed by atoms with Crippen molar-refractivity contribution in [2.24, 2.45) is 0 Å². The Labute approximate surface area is 470 Å². The van der Waals surface area contributed by atoms with Gasteiger partial charge in [0.2, 0.25) is 0 Å². The molecule has 448 valence electrons. The molecule has 3 N–H and O–H groups in total. The molecule has 12 nitrogen and oxygen atoms in total. The molecule has 0 bridgehead atoms. The fraction of sp³-hybridized carbons (Fsp3) is 0.846. The number of unbranched alkanes of at least 4 members (excludes halogenated alkanes) is 35. The molecule has 0 aromatic carbocycles. The van der Waals surface area contributed by atoms with E-state index in [1.807, 2.05) is 0 Å². The molecular weight excluding hydrogens is 973 g/mol. The van der Waals surface area contributed by atoms with Crippen LogP contribution in [-0.2, 0) is 42.9 Å². The fourth-order valence-electron chi connectivity index (χ4n) is 9.75. The van der Waals surface area contributed by atoms with E-state index in [4.69, 9.17) is 23.7 Å². The van der Waals surface area contributed by atoms with E-state index in [0.29, 0.717) is 19.3 Å². The lowest BCUT2D eigenvalue weighted by atomic mass is 9.98. The summed E-state index contributed by atoms with van der Waals surface area (Å²) < 4.78 is 28.5. The summed E-state index contributed by atoms with van der Waals surface area (Å²) in [5.41, 5.74) is 0. The minimum absolute atomic E-state index is 0.0537. The predicted molar refractivity (Wildman–Crippen MR) is 313 cm³/mol. The molecular formula is C65H116O12. The molecule has 0 aliphatic carbocycles. The first kappa shape index (κ1) is 72.0. The number of esters is 3. The highest BCUT2D eigenvalue weighted by Crippen LogP contribution is 2.27. The molecule has 1 heterocycles. The number of allylic oxidation sites excluding steroid dienone is 6. The van der Waals surface area contributed by atoms with E-state index in [1.54, 1.807) is 0 Å². The van der Waals surface area contributed by atoms with Gasteiger partial charge in [0.15, 0.2) is 24.6 Å². The zero-order chi connectivity index (χ0) is 56.1. The molecule has 0 amide bonds. The number of hydrogen-bond donors (Lipinski definition) is 3. The Morgan fingerprint density at radius 3 is 1.21 bits per heavy atom. The van der Waals surface area contributed by atoms with Gasteiger partial charge < -0.3 is 39.0 Å². The van der Waals surface area contributed by atoms with E-state index in [2.05, 4.69) is 57.2 Å². The standard InChI is InChI=1S/C65H116O12/c1-4-7-10-13-16-19-22-25-27-28-29-30-32-34-36-39-42-45-48-51-57(66)73-54-56(75-58(67)52-49-46-43-40-37-33-24-21-18-15-12-9-6-3)55-74-65-63(61(70)60(69)62(77-65)64(71)72)76-59(68)53-50-47-44-41-38-35-31-26-23-20-17-14-11-8-5-2/h16,19,25-27,31,56,60-63,65,69-70H,4-15,17-18,20-24,28-30,32-55H2,1-3H3,(H,71,72)/b19-16-,27-25-,31-26-. The number of carbonyl (C=O) groups is 4. The molecule has 1 rings (SSSR count). The maximum atomic E-state index is 13.2. The van der Waals surface area contributed by atoms with Crippen molar-refractivity contribution in [3.8, 4) is 0 Å². The lowest BCUT2D eigenvalue weighted by molar-refractivity contribution is -0.301. The largest absolute Gasteiger partial charge is 0.479 e. The summed E-state index contributed by atoms with van der Waals surface area (Å²) in [6, 6.07) is 0. The Balaban J connectivity index is 2.64. The molecule has 1 saturated heterocycles. The number of hydrogen-bond acceptors (Lipinski definition) is 11. The second kappa shape index (κ2) is 53.6. The molecule has 0 aromatic rings. The van der Waals surface area contributed by atoms with Crippen molar-refractivity contribution in [2.75, 3.05) is 13.2 Å². The molecule has 0 saturated carbocycles. The van der Waals surface area contributed by atoms with Crippen molar-refractivity contribution in [1.29, 1.82) is 0 Å². The zero-order valence-corrected chi connectivity index (χ0v) is 49.5. The van der Waals surface area contributed by atoms with E-state index in [9.17, 15) is 34.5 Å². The number of rotatable bonds is 55. The Morgan fingerprint density at radius 1 is 0.429 bits per heavy atom. The molecule has 1 aliphatic rings. The van der Waals surface area contributed by atoms with Crippen molar-refractivity contribution >= 4 is 23.9 Å². The highest BCUT2D eigenvalue weighted by molar-refractivity contribution is 5.74. The average molecular weight is 1090 g/mol. The van der Waals surface area contributed by atoms with Gasteiger partial charge in [-0.25, -0.2) is 4.79 Å². The predicted octanol–water partition coefficient (Wildman–Crippen LogP) is 16.8. The van der Waals surface area contributed by atoms with Crippen LogP contribution in [0.2, 0.25) is 0 Å². The van der Waals surface area contributed by atoms with Crippen LogP contribution >= 0.6 is 0 Å². The molecule has 77 heavy (non-hydrogen) atoms.